The molecule has 0 saturated heterocycles. The summed E-state index contributed by atoms with van der Waals surface area (Å²) >= 11 is 2.11. The highest BCUT2D eigenvalue weighted by Crippen LogP contribution is 2.38. The minimum absolute atomic E-state index is 0.779. The van der Waals surface area contributed by atoms with Gasteiger partial charge < -0.3 is 5.73 Å². The largest absolute Gasteiger partial charge is 0.330 e. The van der Waals surface area contributed by atoms with E-state index in [0.29, 0.717) is 0 Å². The summed E-state index contributed by atoms with van der Waals surface area (Å²) in [6.07, 6.45) is 8.46. The van der Waals surface area contributed by atoms with E-state index in [-0.39, 0.29) is 0 Å². The fourth-order valence-electron chi connectivity index (χ4n) is 3.21. The van der Waals surface area contributed by atoms with Crippen LogP contribution in [0.25, 0.3) is 0 Å². The Balaban J connectivity index is 2.34. The molecule has 102 valence electrons. The van der Waals surface area contributed by atoms with E-state index in [9.17, 15) is 0 Å². The molecule has 3 atom stereocenters. The lowest BCUT2D eigenvalue weighted by atomic mass is 9.72. The van der Waals surface area contributed by atoms with Gasteiger partial charge in [-0.1, -0.05) is 40.0 Å². The molecule has 0 spiro atoms. The van der Waals surface area contributed by atoms with Crippen LogP contribution in [0.15, 0.2) is 0 Å². The van der Waals surface area contributed by atoms with Crippen LogP contribution < -0.4 is 5.73 Å². The first-order valence-corrected chi connectivity index (χ1v) is 8.53. The summed E-state index contributed by atoms with van der Waals surface area (Å²) in [5.41, 5.74) is 5.94. The van der Waals surface area contributed by atoms with Crippen molar-refractivity contribution in [1.29, 1.82) is 0 Å². The second-order valence-corrected chi connectivity index (χ2v) is 7.62. The van der Waals surface area contributed by atoms with Gasteiger partial charge in [0.05, 0.1) is 0 Å². The Morgan fingerprint density at radius 1 is 1.18 bits per heavy atom. The van der Waals surface area contributed by atoms with Crippen molar-refractivity contribution < 1.29 is 0 Å². The fraction of sp³-hybridized carbons (Fsp3) is 1.00. The Morgan fingerprint density at radius 3 is 2.53 bits per heavy atom. The van der Waals surface area contributed by atoms with E-state index in [1.54, 1.807) is 0 Å². The Labute approximate surface area is 112 Å². The predicted octanol–water partition coefficient (Wildman–Crippen LogP) is 4.31. The van der Waals surface area contributed by atoms with Crippen LogP contribution in [0.3, 0.4) is 0 Å². The molecule has 1 rings (SSSR count). The molecule has 0 amide bonds. The maximum absolute atomic E-state index is 5.94. The third kappa shape index (κ3) is 5.65. The zero-order chi connectivity index (χ0) is 12.7. The summed E-state index contributed by atoms with van der Waals surface area (Å²) in [4.78, 5) is 0. The Kier molecular flexibility index (Phi) is 7.61. The summed E-state index contributed by atoms with van der Waals surface area (Å²) in [6.45, 7) is 7.83. The molecule has 1 saturated carbocycles. The van der Waals surface area contributed by atoms with Crippen LogP contribution >= 0.6 is 11.8 Å². The van der Waals surface area contributed by atoms with Gasteiger partial charge in [0.25, 0.3) is 0 Å². The van der Waals surface area contributed by atoms with Gasteiger partial charge in [0.15, 0.2) is 0 Å². The highest BCUT2D eigenvalue weighted by molar-refractivity contribution is 7.99. The summed E-state index contributed by atoms with van der Waals surface area (Å²) in [7, 11) is 0. The van der Waals surface area contributed by atoms with Crippen molar-refractivity contribution in [2.45, 2.75) is 64.5 Å². The first kappa shape index (κ1) is 15.4. The van der Waals surface area contributed by atoms with E-state index in [4.69, 9.17) is 5.73 Å². The molecule has 0 bridgehead atoms. The lowest BCUT2D eigenvalue weighted by Gasteiger charge is -2.36. The van der Waals surface area contributed by atoms with E-state index in [1.807, 2.05) is 0 Å². The minimum atomic E-state index is 0.779. The van der Waals surface area contributed by atoms with Gasteiger partial charge in [-0.05, 0) is 54.6 Å². The standard InChI is InChI=1S/C15H31NS/c1-4-5-13-6-7-15(11-16)14(10-13)8-9-17-12(2)3/h12-15H,4-11,16H2,1-3H3. The van der Waals surface area contributed by atoms with Gasteiger partial charge in [0, 0.05) is 0 Å². The van der Waals surface area contributed by atoms with Crippen molar-refractivity contribution in [3.8, 4) is 0 Å². The van der Waals surface area contributed by atoms with Gasteiger partial charge in [-0.2, -0.15) is 11.8 Å². The minimum Gasteiger partial charge on any atom is -0.330 e. The molecule has 0 heterocycles. The third-order valence-electron chi connectivity index (χ3n) is 4.19. The van der Waals surface area contributed by atoms with E-state index in [0.717, 1.165) is 29.5 Å². The third-order valence-corrected chi connectivity index (χ3v) is 5.33. The van der Waals surface area contributed by atoms with E-state index >= 15 is 0 Å². The van der Waals surface area contributed by atoms with E-state index in [1.165, 1.54) is 44.3 Å². The van der Waals surface area contributed by atoms with Crippen LogP contribution in [0, 0.1) is 17.8 Å². The molecular formula is C15H31NS. The van der Waals surface area contributed by atoms with Crippen LogP contribution in [-0.4, -0.2) is 17.5 Å². The average molecular weight is 257 g/mol. The number of nitrogens with two attached hydrogens (primary N) is 1. The highest BCUT2D eigenvalue weighted by Gasteiger charge is 2.28. The predicted molar refractivity (Wildman–Crippen MR) is 80.5 cm³/mol. The van der Waals surface area contributed by atoms with Gasteiger partial charge >= 0.3 is 0 Å². The molecule has 17 heavy (non-hydrogen) atoms. The summed E-state index contributed by atoms with van der Waals surface area (Å²) < 4.78 is 0. The molecule has 2 N–H and O–H groups in total. The molecule has 1 aliphatic carbocycles. The van der Waals surface area contributed by atoms with Crippen molar-refractivity contribution in [2.75, 3.05) is 12.3 Å². The number of thioether (sulfide) groups is 1. The molecule has 0 aromatic heterocycles. The van der Waals surface area contributed by atoms with Crippen LogP contribution in [0.2, 0.25) is 0 Å². The summed E-state index contributed by atoms with van der Waals surface area (Å²) in [5.74, 6) is 4.06. The first-order chi connectivity index (χ1) is 8.17. The van der Waals surface area contributed by atoms with Gasteiger partial charge in [0.2, 0.25) is 0 Å². The average Bonchev–Trinajstić information content (AvgIpc) is 2.29. The van der Waals surface area contributed by atoms with E-state index in [2.05, 4.69) is 32.5 Å². The summed E-state index contributed by atoms with van der Waals surface area (Å²) in [5, 5.41) is 0.779. The van der Waals surface area contributed by atoms with Crippen LogP contribution in [0.4, 0.5) is 0 Å². The second kappa shape index (κ2) is 8.42. The summed E-state index contributed by atoms with van der Waals surface area (Å²) in [6, 6.07) is 0. The smallest absolute Gasteiger partial charge is 0.000968 e. The Morgan fingerprint density at radius 2 is 1.94 bits per heavy atom. The van der Waals surface area contributed by atoms with Crippen molar-refractivity contribution in [2.24, 2.45) is 23.5 Å². The highest BCUT2D eigenvalue weighted by atomic mass is 32.2. The molecule has 0 radical (unpaired) electrons. The molecule has 0 aromatic rings. The molecule has 0 aliphatic heterocycles. The topological polar surface area (TPSA) is 26.0 Å². The van der Waals surface area contributed by atoms with Crippen molar-refractivity contribution in [3.63, 3.8) is 0 Å². The zero-order valence-corrected chi connectivity index (χ0v) is 12.8. The van der Waals surface area contributed by atoms with Crippen molar-refractivity contribution >= 4 is 11.8 Å². The molecule has 3 unspecified atom stereocenters. The van der Waals surface area contributed by atoms with Crippen LogP contribution in [0.1, 0.15) is 59.3 Å². The molecule has 0 aromatic carbocycles. The monoisotopic (exact) mass is 257 g/mol. The van der Waals surface area contributed by atoms with Crippen LogP contribution in [0.5, 0.6) is 0 Å². The Bertz CT molecular complexity index is 193. The zero-order valence-electron chi connectivity index (χ0n) is 12.0. The molecule has 1 aliphatic rings. The van der Waals surface area contributed by atoms with Gasteiger partial charge in [0.1, 0.15) is 0 Å². The number of hydrogen-bond acceptors (Lipinski definition) is 2. The molecule has 2 heteroatoms. The quantitative estimate of drug-likeness (QED) is 0.735. The number of hydrogen-bond donors (Lipinski definition) is 1. The van der Waals surface area contributed by atoms with Crippen molar-refractivity contribution in [3.05, 3.63) is 0 Å². The lowest BCUT2D eigenvalue weighted by molar-refractivity contribution is 0.173. The molecule has 1 nitrogen and oxygen atoms in total. The SMILES string of the molecule is CCCC1CCC(CN)C(CCSC(C)C)C1. The van der Waals surface area contributed by atoms with Gasteiger partial charge in [-0.25, -0.2) is 0 Å². The van der Waals surface area contributed by atoms with E-state index < -0.39 is 0 Å². The molecule has 1 fully saturated rings. The maximum atomic E-state index is 5.94. The fourth-order valence-corrected chi connectivity index (χ4v) is 4.12. The van der Waals surface area contributed by atoms with Gasteiger partial charge in [-0.3, -0.25) is 0 Å². The maximum Gasteiger partial charge on any atom is -0.000968 e. The van der Waals surface area contributed by atoms with Gasteiger partial charge in [-0.15, -0.1) is 0 Å². The number of rotatable bonds is 7. The molecular weight excluding hydrogens is 226 g/mol. The Hall–Kier alpha value is 0.310. The first-order valence-electron chi connectivity index (χ1n) is 7.49. The lowest BCUT2D eigenvalue weighted by Crippen LogP contribution is -2.30. The normalized spacial score (nSPS) is 29.8. The van der Waals surface area contributed by atoms with Crippen molar-refractivity contribution in [1.82, 2.24) is 0 Å². The van der Waals surface area contributed by atoms with Crippen LogP contribution in [-0.2, 0) is 0 Å². The second-order valence-electron chi connectivity index (χ2n) is 5.93.